The summed E-state index contributed by atoms with van der Waals surface area (Å²) in [5, 5.41) is 30.3. The lowest BCUT2D eigenvalue weighted by atomic mass is 9.76. The first-order chi connectivity index (χ1) is 14.9. The Morgan fingerprint density at radius 2 is 1.91 bits per heavy atom. The van der Waals surface area contributed by atoms with Crippen molar-refractivity contribution in [1.82, 2.24) is 0 Å². The van der Waals surface area contributed by atoms with E-state index in [0.717, 1.165) is 5.57 Å². The summed E-state index contributed by atoms with van der Waals surface area (Å²) in [5.41, 5.74) is 0.284. The van der Waals surface area contributed by atoms with Gasteiger partial charge in [0.15, 0.2) is 0 Å². The smallest absolute Gasteiger partial charge is 0.305 e. The normalized spacial score (nSPS) is 42.2. The zero-order valence-electron chi connectivity index (χ0n) is 20.5. The van der Waals surface area contributed by atoms with Gasteiger partial charge in [0.05, 0.1) is 48.6 Å². The minimum atomic E-state index is -0.924. The monoisotopic (exact) mass is 454 g/mol. The summed E-state index contributed by atoms with van der Waals surface area (Å²) in [6.07, 6.45) is 4.64. The van der Waals surface area contributed by atoms with Crippen molar-refractivity contribution >= 4 is 5.97 Å². The second-order valence-corrected chi connectivity index (χ2v) is 10.1. The maximum atomic E-state index is 11.0. The molecule has 10 atom stereocenters. The Morgan fingerprint density at radius 3 is 2.50 bits per heavy atom. The Morgan fingerprint density at radius 1 is 1.25 bits per heavy atom. The van der Waals surface area contributed by atoms with E-state index in [9.17, 15) is 15.0 Å². The van der Waals surface area contributed by atoms with Gasteiger partial charge in [-0.25, -0.2) is 0 Å². The molecule has 0 aromatic carbocycles. The molecule has 0 aromatic rings. The highest BCUT2D eigenvalue weighted by molar-refractivity contribution is 5.67. The van der Waals surface area contributed by atoms with Gasteiger partial charge in [-0.05, 0) is 38.7 Å². The van der Waals surface area contributed by atoms with E-state index in [1.54, 1.807) is 7.11 Å². The predicted octanol–water partition coefficient (Wildman–Crippen LogP) is 3.33. The minimum absolute atomic E-state index is 0.0258. The first-order valence-corrected chi connectivity index (χ1v) is 11.7. The largest absolute Gasteiger partial charge is 0.481 e. The van der Waals surface area contributed by atoms with Crippen molar-refractivity contribution in [3.8, 4) is 0 Å². The maximum Gasteiger partial charge on any atom is 0.305 e. The average molecular weight is 455 g/mol. The number of hydrogen-bond donors (Lipinski definition) is 3. The summed E-state index contributed by atoms with van der Waals surface area (Å²) < 4.78 is 17.7. The van der Waals surface area contributed by atoms with E-state index in [4.69, 9.17) is 19.3 Å². The second-order valence-electron chi connectivity index (χ2n) is 10.1. The van der Waals surface area contributed by atoms with Gasteiger partial charge >= 0.3 is 5.97 Å². The molecule has 0 aliphatic carbocycles. The van der Waals surface area contributed by atoms with Gasteiger partial charge in [0.2, 0.25) is 0 Å². The number of carbonyl (C=O) groups is 1. The molecule has 0 aromatic heterocycles. The number of aliphatic carboxylic acids is 1. The molecular weight excluding hydrogens is 412 g/mol. The molecule has 2 heterocycles. The van der Waals surface area contributed by atoms with Crippen molar-refractivity contribution in [3.05, 3.63) is 23.8 Å². The zero-order valence-corrected chi connectivity index (χ0v) is 20.5. The Balaban J connectivity index is 2.02. The highest BCUT2D eigenvalue weighted by atomic mass is 16.6. The van der Waals surface area contributed by atoms with Crippen LogP contribution in [-0.2, 0) is 19.0 Å². The van der Waals surface area contributed by atoms with Gasteiger partial charge < -0.3 is 29.5 Å². The lowest BCUT2D eigenvalue weighted by molar-refractivity contribution is -0.247. The molecule has 10 unspecified atom stereocenters. The number of hydrogen-bond acceptors (Lipinski definition) is 6. The summed E-state index contributed by atoms with van der Waals surface area (Å²) in [7, 11) is 1.65. The molecule has 3 N–H and O–H groups in total. The third kappa shape index (κ3) is 6.41. The molecule has 0 radical (unpaired) electrons. The van der Waals surface area contributed by atoms with Crippen molar-refractivity contribution in [2.75, 3.05) is 7.11 Å². The second kappa shape index (κ2) is 11.3. The molecule has 2 fully saturated rings. The van der Waals surface area contributed by atoms with E-state index >= 15 is 0 Å². The van der Waals surface area contributed by atoms with Crippen molar-refractivity contribution in [2.45, 2.75) is 103 Å². The van der Waals surface area contributed by atoms with Crippen LogP contribution in [0.15, 0.2) is 23.8 Å². The van der Waals surface area contributed by atoms with Crippen molar-refractivity contribution in [1.29, 1.82) is 0 Å². The molecule has 7 heteroatoms. The van der Waals surface area contributed by atoms with Crippen molar-refractivity contribution in [2.24, 2.45) is 17.8 Å². The van der Waals surface area contributed by atoms with Crippen LogP contribution in [0.3, 0.4) is 0 Å². The SMILES string of the molecule is COC1C(C)OC(C)(CC(C)C=CC=C(C)C2OC(CC(=O)O)CC(O)C2C)C(O)C1C. The van der Waals surface area contributed by atoms with Crippen LogP contribution in [0.25, 0.3) is 0 Å². The molecule has 2 aliphatic rings. The summed E-state index contributed by atoms with van der Waals surface area (Å²) in [4.78, 5) is 11.0. The number of rotatable bonds is 8. The molecule has 0 bridgehead atoms. The quantitative estimate of drug-likeness (QED) is 0.483. The van der Waals surface area contributed by atoms with Crippen LogP contribution in [0, 0.1) is 17.8 Å². The zero-order chi connectivity index (χ0) is 24.2. The molecule has 7 nitrogen and oxygen atoms in total. The molecule has 0 amide bonds. The van der Waals surface area contributed by atoms with E-state index in [-0.39, 0.29) is 42.5 Å². The number of aliphatic hydroxyl groups is 2. The van der Waals surface area contributed by atoms with Crippen LogP contribution < -0.4 is 0 Å². The van der Waals surface area contributed by atoms with Gasteiger partial charge in [0.1, 0.15) is 0 Å². The standard InChI is InChI=1S/C25H42O7/c1-14(13-25(6)24(29)17(4)23(30-7)18(5)32-25)9-8-10-15(2)22-16(3)20(26)11-19(31-22)12-21(27)28/h8-10,14,16-20,22-24,26,29H,11-13H2,1-7H3,(H,27,28). The van der Waals surface area contributed by atoms with Crippen LogP contribution in [0.5, 0.6) is 0 Å². The summed E-state index contributed by atoms with van der Waals surface area (Å²) in [6.45, 7) is 11.9. The fourth-order valence-corrected chi connectivity index (χ4v) is 5.42. The van der Waals surface area contributed by atoms with Gasteiger partial charge in [-0.15, -0.1) is 0 Å². The van der Waals surface area contributed by atoms with Crippen molar-refractivity contribution < 1.29 is 34.3 Å². The van der Waals surface area contributed by atoms with Crippen molar-refractivity contribution in [3.63, 3.8) is 0 Å². The van der Waals surface area contributed by atoms with E-state index < -0.39 is 29.9 Å². The fraction of sp³-hybridized carbons (Fsp3) is 0.800. The molecular formula is C25H42O7. The number of allylic oxidation sites excluding steroid dienone is 3. The molecule has 184 valence electrons. The van der Waals surface area contributed by atoms with E-state index in [2.05, 4.69) is 13.0 Å². The van der Waals surface area contributed by atoms with Gasteiger partial charge in [-0.1, -0.05) is 39.0 Å². The Labute approximate surface area is 192 Å². The summed E-state index contributed by atoms with van der Waals surface area (Å²) in [5.74, 6) is -0.898. The van der Waals surface area contributed by atoms with Crippen LogP contribution in [-0.4, -0.2) is 70.6 Å². The molecule has 2 aliphatic heterocycles. The Hall–Kier alpha value is -1.25. The summed E-state index contributed by atoms with van der Waals surface area (Å²) in [6, 6.07) is 0. The molecule has 2 rings (SSSR count). The van der Waals surface area contributed by atoms with E-state index in [1.807, 2.05) is 46.8 Å². The average Bonchev–Trinajstić information content (AvgIpc) is 2.68. The molecule has 2 saturated heterocycles. The fourth-order valence-electron chi connectivity index (χ4n) is 5.42. The Kier molecular flexibility index (Phi) is 9.49. The third-order valence-electron chi connectivity index (χ3n) is 7.14. The van der Waals surface area contributed by atoms with E-state index in [1.165, 1.54) is 0 Å². The van der Waals surface area contributed by atoms with Crippen LogP contribution in [0.2, 0.25) is 0 Å². The predicted molar refractivity (Wildman–Crippen MR) is 122 cm³/mol. The number of carboxylic acid groups (broad SMARTS) is 1. The van der Waals surface area contributed by atoms with Crippen LogP contribution in [0.4, 0.5) is 0 Å². The summed E-state index contributed by atoms with van der Waals surface area (Å²) >= 11 is 0. The lowest BCUT2D eigenvalue weighted by Gasteiger charge is -2.49. The van der Waals surface area contributed by atoms with Gasteiger partial charge in [0, 0.05) is 25.4 Å². The highest BCUT2D eigenvalue weighted by Gasteiger charge is 2.48. The van der Waals surface area contributed by atoms with Crippen LogP contribution >= 0.6 is 0 Å². The molecule has 0 saturated carbocycles. The van der Waals surface area contributed by atoms with Crippen LogP contribution in [0.1, 0.15) is 60.8 Å². The minimum Gasteiger partial charge on any atom is -0.481 e. The highest BCUT2D eigenvalue weighted by Crippen LogP contribution is 2.38. The molecule has 32 heavy (non-hydrogen) atoms. The number of aliphatic hydroxyl groups excluding tert-OH is 2. The van der Waals surface area contributed by atoms with E-state index in [0.29, 0.717) is 12.8 Å². The first kappa shape index (κ1) is 27.0. The van der Waals surface area contributed by atoms with Gasteiger partial charge in [-0.3, -0.25) is 4.79 Å². The Bertz CT molecular complexity index is 690. The molecule has 0 spiro atoms. The number of methoxy groups -OCH3 is 1. The maximum absolute atomic E-state index is 11.0. The number of ether oxygens (including phenoxy) is 3. The van der Waals surface area contributed by atoms with Gasteiger partial charge in [-0.2, -0.15) is 0 Å². The number of carboxylic acids is 1. The topological polar surface area (TPSA) is 105 Å². The first-order valence-electron chi connectivity index (χ1n) is 11.7. The lowest BCUT2D eigenvalue weighted by Crippen LogP contribution is -2.59. The van der Waals surface area contributed by atoms with Gasteiger partial charge in [0.25, 0.3) is 0 Å². The third-order valence-corrected chi connectivity index (χ3v) is 7.14.